The van der Waals surface area contributed by atoms with Gasteiger partial charge in [-0.3, -0.25) is 9.48 Å². The number of benzene rings is 2. The molecule has 2 aliphatic rings. The lowest BCUT2D eigenvalue weighted by atomic mass is 9.81. The minimum absolute atomic E-state index is 0.0164. The van der Waals surface area contributed by atoms with Gasteiger partial charge >= 0.3 is 0 Å². The molecule has 166 valence electrons. The summed E-state index contributed by atoms with van der Waals surface area (Å²) in [5, 5.41) is 13.3. The summed E-state index contributed by atoms with van der Waals surface area (Å²) >= 11 is 0. The van der Waals surface area contributed by atoms with Crippen molar-refractivity contribution < 1.29 is 9.18 Å². The van der Waals surface area contributed by atoms with Gasteiger partial charge in [-0.25, -0.2) is 4.39 Å². The summed E-state index contributed by atoms with van der Waals surface area (Å²) in [4.78, 5) is 17.4. The maximum Gasteiger partial charge on any atom is 0.256 e. The highest BCUT2D eigenvalue weighted by molar-refractivity contribution is 5.98. The molecule has 0 saturated carbocycles. The van der Waals surface area contributed by atoms with E-state index in [2.05, 4.69) is 10.2 Å². The molecule has 2 aliphatic heterocycles. The third kappa shape index (κ3) is 3.16. The molecule has 0 N–H and O–H groups in total. The van der Waals surface area contributed by atoms with E-state index in [-0.39, 0.29) is 23.8 Å². The maximum absolute atomic E-state index is 13.9. The molecule has 7 nitrogen and oxygen atoms in total. The summed E-state index contributed by atoms with van der Waals surface area (Å²) in [7, 11) is 1.92. The first-order valence-corrected chi connectivity index (χ1v) is 11.2. The Hall–Kier alpha value is -3.81. The standard InChI is InChI=1S/C25H23FN6O/c1-30-24(16-9-11-17(26)12-10-16)20-15-18-5-4-8-22(23(20)29-30)31(18)25(33)19-6-2-3-7-21(19)32-27-13-14-28-32/h2-3,6-7,9-14,18,22H,4-5,8,15H2,1H3/t18-,22+/m1/s1. The second-order valence-corrected chi connectivity index (χ2v) is 8.70. The zero-order valence-electron chi connectivity index (χ0n) is 18.2. The van der Waals surface area contributed by atoms with Crippen molar-refractivity contribution in [3.05, 3.63) is 83.6 Å². The van der Waals surface area contributed by atoms with E-state index in [0.29, 0.717) is 11.3 Å². The molecule has 0 unspecified atom stereocenters. The number of carbonyl (C=O) groups excluding carboxylic acids is 1. The quantitative estimate of drug-likeness (QED) is 0.479. The number of aryl methyl sites for hydroxylation is 1. The second-order valence-electron chi connectivity index (χ2n) is 8.70. The number of piperidine rings is 1. The van der Waals surface area contributed by atoms with E-state index in [0.717, 1.165) is 42.6 Å². The molecule has 2 aromatic carbocycles. The molecule has 2 bridgehead atoms. The highest BCUT2D eigenvalue weighted by atomic mass is 19.1. The van der Waals surface area contributed by atoms with E-state index in [1.54, 1.807) is 24.5 Å². The number of fused-ring (bicyclic) bond motifs is 4. The van der Waals surface area contributed by atoms with Crippen LogP contribution in [0.1, 0.15) is 46.9 Å². The van der Waals surface area contributed by atoms with Crippen LogP contribution in [-0.2, 0) is 13.5 Å². The predicted octanol–water partition coefficient (Wildman–Crippen LogP) is 4.10. The summed E-state index contributed by atoms with van der Waals surface area (Å²) in [5.74, 6) is -0.272. The van der Waals surface area contributed by atoms with Gasteiger partial charge in [-0.05, 0) is 62.1 Å². The number of para-hydroxylation sites is 1. The molecule has 4 aromatic rings. The van der Waals surface area contributed by atoms with Crippen molar-refractivity contribution in [3.63, 3.8) is 0 Å². The highest BCUT2D eigenvalue weighted by Crippen LogP contribution is 2.45. The molecular formula is C25H23FN6O. The van der Waals surface area contributed by atoms with Crippen molar-refractivity contribution in [1.29, 1.82) is 0 Å². The van der Waals surface area contributed by atoms with Gasteiger partial charge in [0.15, 0.2) is 0 Å². The minimum Gasteiger partial charge on any atom is -0.327 e. The lowest BCUT2D eigenvalue weighted by Gasteiger charge is -2.45. The van der Waals surface area contributed by atoms with E-state index in [1.807, 2.05) is 40.9 Å². The molecule has 0 spiro atoms. The first kappa shape index (κ1) is 19.8. The van der Waals surface area contributed by atoms with Crippen molar-refractivity contribution in [2.75, 3.05) is 0 Å². The zero-order chi connectivity index (χ0) is 22.5. The molecule has 2 aromatic heterocycles. The third-order valence-electron chi connectivity index (χ3n) is 6.80. The number of halogens is 1. The fourth-order valence-electron chi connectivity index (χ4n) is 5.43. The van der Waals surface area contributed by atoms with Crippen LogP contribution >= 0.6 is 0 Å². The number of carbonyl (C=O) groups is 1. The van der Waals surface area contributed by atoms with Crippen LogP contribution in [0.2, 0.25) is 0 Å². The number of rotatable bonds is 3. The van der Waals surface area contributed by atoms with Crippen LogP contribution in [0.15, 0.2) is 60.9 Å². The van der Waals surface area contributed by atoms with Gasteiger partial charge in [0.1, 0.15) is 5.82 Å². The first-order valence-electron chi connectivity index (χ1n) is 11.2. The fraction of sp³-hybridized carbons (Fsp3) is 0.280. The summed E-state index contributed by atoms with van der Waals surface area (Å²) in [6, 6.07) is 14.0. The van der Waals surface area contributed by atoms with Crippen LogP contribution in [0, 0.1) is 5.82 Å². The molecule has 8 heteroatoms. The largest absolute Gasteiger partial charge is 0.327 e. The third-order valence-corrected chi connectivity index (χ3v) is 6.80. The van der Waals surface area contributed by atoms with Gasteiger partial charge in [0.25, 0.3) is 5.91 Å². The molecule has 6 rings (SSSR count). The van der Waals surface area contributed by atoms with Gasteiger partial charge < -0.3 is 4.90 Å². The van der Waals surface area contributed by atoms with E-state index in [9.17, 15) is 9.18 Å². The van der Waals surface area contributed by atoms with Gasteiger partial charge in [0.2, 0.25) is 0 Å². The van der Waals surface area contributed by atoms with Crippen LogP contribution in [-0.4, -0.2) is 41.6 Å². The van der Waals surface area contributed by atoms with Gasteiger partial charge in [-0.2, -0.15) is 20.1 Å². The predicted molar refractivity (Wildman–Crippen MR) is 120 cm³/mol. The van der Waals surface area contributed by atoms with Crippen molar-refractivity contribution in [2.24, 2.45) is 7.05 Å². The van der Waals surface area contributed by atoms with Crippen molar-refractivity contribution in [3.8, 4) is 16.9 Å². The van der Waals surface area contributed by atoms with E-state index in [4.69, 9.17) is 5.10 Å². The van der Waals surface area contributed by atoms with Crippen LogP contribution in [0.5, 0.6) is 0 Å². The Kier molecular flexibility index (Phi) is 4.60. The maximum atomic E-state index is 13.9. The average molecular weight is 442 g/mol. The van der Waals surface area contributed by atoms with Crippen molar-refractivity contribution in [1.82, 2.24) is 29.7 Å². The molecule has 4 heterocycles. The van der Waals surface area contributed by atoms with Gasteiger partial charge in [0, 0.05) is 24.2 Å². The van der Waals surface area contributed by atoms with Crippen LogP contribution in [0.4, 0.5) is 4.39 Å². The number of hydrogen-bond donors (Lipinski definition) is 0. The summed E-state index contributed by atoms with van der Waals surface area (Å²) in [6.45, 7) is 0. The van der Waals surface area contributed by atoms with Gasteiger partial charge in [-0.1, -0.05) is 12.1 Å². The van der Waals surface area contributed by atoms with Gasteiger partial charge in [-0.15, -0.1) is 0 Å². The molecule has 0 aliphatic carbocycles. The monoisotopic (exact) mass is 442 g/mol. The Morgan fingerprint density at radius 2 is 1.79 bits per heavy atom. The second kappa shape index (κ2) is 7.65. The van der Waals surface area contributed by atoms with Crippen molar-refractivity contribution >= 4 is 5.91 Å². The Labute approximate surface area is 190 Å². The number of amides is 1. The number of aromatic nitrogens is 5. The molecule has 2 atom stereocenters. The van der Waals surface area contributed by atoms with E-state index in [1.165, 1.54) is 22.5 Å². The molecular weight excluding hydrogens is 419 g/mol. The molecule has 33 heavy (non-hydrogen) atoms. The lowest BCUT2D eigenvalue weighted by molar-refractivity contribution is 0.0391. The van der Waals surface area contributed by atoms with Crippen molar-refractivity contribution in [2.45, 2.75) is 37.8 Å². The highest BCUT2D eigenvalue weighted by Gasteiger charge is 2.44. The topological polar surface area (TPSA) is 68.8 Å². The summed E-state index contributed by atoms with van der Waals surface area (Å²) < 4.78 is 15.4. The normalized spacial score (nSPS) is 19.4. The molecule has 0 radical (unpaired) electrons. The Morgan fingerprint density at radius 3 is 2.58 bits per heavy atom. The molecule has 1 saturated heterocycles. The average Bonchev–Trinajstić information content (AvgIpc) is 3.47. The van der Waals surface area contributed by atoms with Crippen LogP contribution in [0.25, 0.3) is 16.9 Å². The molecule has 1 fully saturated rings. The van der Waals surface area contributed by atoms with E-state index >= 15 is 0 Å². The number of nitrogens with zero attached hydrogens (tertiary/aromatic N) is 6. The van der Waals surface area contributed by atoms with E-state index < -0.39 is 0 Å². The smallest absolute Gasteiger partial charge is 0.256 e. The SMILES string of the molecule is Cn1nc2c(c1-c1ccc(F)cc1)C[C@H]1CCC[C@@H]2N1C(=O)c1ccccc1-n1nccn1. The first-order chi connectivity index (χ1) is 16.1. The summed E-state index contributed by atoms with van der Waals surface area (Å²) in [6.07, 6.45) is 6.82. The summed E-state index contributed by atoms with van der Waals surface area (Å²) in [5.41, 5.74) is 5.34. The minimum atomic E-state index is -0.256. The fourth-order valence-corrected chi connectivity index (χ4v) is 5.43. The molecule has 1 amide bonds. The Bertz CT molecular complexity index is 1330. The number of hydrogen-bond acceptors (Lipinski definition) is 4. The van der Waals surface area contributed by atoms with Crippen LogP contribution in [0.3, 0.4) is 0 Å². The lowest BCUT2D eigenvalue weighted by Crippen LogP contribution is -2.50. The zero-order valence-corrected chi connectivity index (χ0v) is 18.2. The van der Waals surface area contributed by atoms with Gasteiger partial charge in [0.05, 0.1) is 41.1 Å². The van der Waals surface area contributed by atoms with Crippen LogP contribution < -0.4 is 0 Å². The Morgan fingerprint density at radius 1 is 1.03 bits per heavy atom. The Balaban J connectivity index is 1.42.